The van der Waals surface area contributed by atoms with Gasteiger partial charge in [0.1, 0.15) is 17.7 Å². The largest absolute Gasteiger partial charge is 0.444 e. The van der Waals surface area contributed by atoms with Crippen LogP contribution in [0.1, 0.15) is 77.1 Å². The number of hydrogen-bond donors (Lipinski definition) is 4. The third-order valence-corrected chi connectivity index (χ3v) is 5.29. The Labute approximate surface area is 213 Å². The zero-order valence-corrected chi connectivity index (χ0v) is 22.7. The number of aliphatic hydroxyl groups excluding tert-OH is 1. The number of aryl methyl sites for hydroxylation is 1. The second-order valence-electron chi connectivity index (χ2n) is 10.9. The molecule has 36 heavy (non-hydrogen) atoms. The van der Waals surface area contributed by atoms with Crippen molar-refractivity contribution in [3.63, 3.8) is 0 Å². The molecule has 1 aromatic rings. The minimum Gasteiger partial charge on any atom is -0.444 e. The Kier molecular flexibility index (Phi) is 10.9. The lowest BCUT2D eigenvalue weighted by molar-refractivity contribution is -0.144. The smallest absolute Gasteiger partial charge is 0.408 e. The third kappa shape index (κ3) is 9.85. The molecule has 2 unspecified atom stereocenters. The SMILES string of the molecule is Cc1cccc(C(C(=O)NC(C)(C)C)N(CCO)C(=O)C(CCC(N)=O)NC(=O)OC(C)(C)C)c1C. The van der Waals surface area contributed by atoms with Gasteiger partial charge in [0.25, 0.3) is 0 Å². The molecule has 0 fully saturated rings. The van der Waals surface area contributed by atoms with Crippen molar-refractivity contribution in [3.8, 4) is 0 Å². The van der Waals surface area contributed by atoms with Gasteiger partial charge in [-0.15, -0.1) is 0 Å². The van der Waals surface area contributed by atoms with Crippen LogP contribution in [0.4, 0.5) is 4.79 Å². The first-order valence-electron chi connectivity index (χ1n) is 12.0. The number of amides is 4. The third-order valence-electron chi connectivity index (χ3n) is 5.29. The Balaban J connectivity index is 3.55. The lowest BCUT2D eigenvalue weighted by Crippen LogP contribution is -2.55. The summed E-state index contributed by atoms with van der Waals surface area (Å²) in [7, 11) is 0. The Morgan fingerprint density at radius 1 is 1.08 bits per heavy atom. The molecular weight excluding hydrogens is 464 g/mol. The molecule has 10 nitrogen and oxygen atoms in total. The highest BCUT2D eigenvalue weighted by Crippen LogP contribution is 2.28. The fourth-order valence-corrected chi connectivity index (χ4v) is 3.63. The van der Waals surface area contributed by atoms with E-state index in [0.29, 0.717) is 5.56 Å². The van der Waals surface area contributed by atoms with Gasteiger partial charge in [0, 0.05) is 18.5 Å². The van der Waals surface area contributed by atoms with Crippen LogP contribution in [0.5, 0.6) is 0 Å². The number of nitrogens with one attached hydrogen (secondary N) is 2. The molecule has 4 amide bonds. The maximum absolute atomic E-state index is 13.8. The van der Waals surface area contributed by atoms with Crippen LogP contribution in [-0.2, 0) is 19.1 Å². The van der Waals surface area contributed by atoms with Gasteiger partial charge < -0.3 is 31.1 Å². The average molecular weight is 507 g/mol. The van der Waals surface area contributed by atoms with Gasteiger partial charge in [0.2, 0.25) is 17.7 Å². The van der Waals surface area contributed by atoms with Gasteiger partial charge in [-0.3, -0.25) is 14.4 Å². The topological polar surface area (TPSA) is 151 Å². The molecule has 0 bridgehead atoms. The van der Waals surface area contributed by atoms with E-state index >= 15 is 0 Å². The van der Waals surface area contributed by atoms with E-state index in [9.17, 15) is 24.3 Å². The van der Waals surface area contributed by atoms with Gasteiger partial charge in [0.05, 0.1) is 6.61 Å². The zero-order valence-electron chi connectivity index (χ0n) is 22.7. The number of primary amides is 1. The molecule has 0 heterocycles. The highest BCUT2D eigenvalue weighted by atomic mass is 16.6. The zero-order chi connectivity index (χ0) is 27.8. The summed E-state index contributed by atoms with van der Waals surface area (Å²) in [4.78, 5) is 52.6. The molecule has 5 N–H and O–H groups in total. The number of alkyl carbamates (subject to hydrolysis) is 1. The van der Waals surface area contributed by atoms with Crippen molar-refractivity contribution in [2.45, 2.75) is 91.5 Å². The molecule has 0 aliphatic heterocycles. The maximum Gasteiger partial charge on any atom is 0.408 e. The van der Waals surface area contributed by atoms with E-state index in [1.165, 1.54) is 4.90 Å². The quantitative estimate of drug-likeness (QED) is 0.382. The minimum absolute atomic E-state index is 0.101. The molecule has 2 atom stereocenters. The predicted octanol–water partition coefficient (Wildman–Crippen LogP) is 2.24. The van der Waals surface area contributed by atoms with Crippen molar-refractivity contribution in [3.05, 3.63) is 34.9 Å². The van der Waals surface area contributed by atoms with E-state index in [1.807, 2.05) is 40.7 Å². The summed E-state index contributed by atoms with van der Waals surface area (Å²) in [5.41, 5.74) is 6.21. The van der Waals surface area contributed by atoms with Gasteiger partial charge in [-0.25, -0.2) is 4.79 Å². The second kappa shape index (κ2) is 12.7. The Hall–Kier alpha value is -3.14. The van der Waals surface area contributed by atoms with Crippen molar-refractivity contribution >= 4 is 23.8 Å². The van der Waals surface area contributed by atoms with Crippen molar-refractivity contribution in [2.75, 3.05) is 13.2 Å². The van der Waals surface area contributed by atoms with E-state index in [-0.39, 0.29) is 19.4 Å². The fraction of sp³-hybridized carbons (Fsp3) is 0.615. The normalized spacial score (nSPS) is 13.4. The average Bonchev–Trinajstić information content (AvgIpc) is 2.70. The number of ether oxygens (including phenoxy) is 1. The van der Waals surface area contributed by atoms with Crippen LogP contribution in [-0.4, -0.2) is 64.2 Å². The molecule has 0 aliphatic rings. The van der Waals surface area contributed by atoms with Gasteiger partial charge in [-0.05, 0) is 78.5 Å². The molecule has 10 heteroatoms. The van der Waals surface area contributed by atoms with Crippen LogP contribution in [0.2, 0.25) is 0 Å². The van der Waals surface area contributed by atoms with Crippen LogP contribution in [0.15, 0.2) is 18.2 Å². The fourth-order valence-electron chi connectivity index (χ4n) is 3.63. The number of carbonyl (C=O) groups excluding carboxylic acids is 4. The van der Waals surface area contributed by atoms with E-state index in [1.54, 1.807) is 32.9 Å². The van der Waals surface area contributed by atoms with E-state index in [2.05, 4.69) is 10.6 Å². The molecule has 0 aliphatic carbocycles. The molecule has 0 radical (unpaired) electrons. The number of nitrogens with two attached hydrogens (primary N) is 1. The number of hydrogen-bond acceptors (Lipinski definition) is 6. The maximum atomic E-state index is 13.8. The van der Waals surface area contributed by atoms with Gasteiger partial charge in [-0.2, -0.15) is 0 Å². The number of nitrogens with zero attached hydrogens (tertiary/aromatic N) is 1. The van der Waals surface area contributed by atoms with Crippen LogP contribution in [0, 0.1) is 13.8 Å². The van der Waals surface area contributed by atoms with Crippen molar-refractivity contribution < 1.29 is 29.0 Å². The minimum atomic E-state index is -1.21. The summed E-state index contributed by atoms with van der Waals surface area (Å²) in [5.74, 6) is -1.74. The van der Waals surface area contributed by atoms with Gasteiger partial charge in [-0.1, -0.05) is 18.2 Å². The van der Waals surface area contributed by atoms with Gasteiger partial charge in [0.15, 0.2) is 0 Å². The molecular formula is C26H42N4O6. The first kappa shape index (κ1) is 30.9. The van der Waals surface area contributed by atoms with E-state index < -0.39 is 53.6 Å². The number of rotatable bonds is 10. The lowest BCUT2D eigenvalue weighted by Gasteiger charge is -2.36. The lowest BCUT2D eigenvalue weighted by atomic mass is 9.94. The highest BCUT2D eigenvalue weighted by Gasteiger charge is 2.37. The molecule has 202 valence electrons. The Morgan fingerprint density at radius 3 is 2.19 bits per heavy atom. The first-order valence-corrected chi connectivity index (χ1v) is 12.0. The van der Waals surface area contributed by atoms with Crippen molar-refractivity contribution in [2.24, 2.45) is 5.73 Å². The number of carbonyl (C=O) groups is 4. The van der Waals surface area contributed by atoms with Crippen LogP contribution >= 0.6 is 0 Å². The number of aliphatic hydroxyl groups is 1. The highest BCUT2D eigenvalue weighted by molar-refractivity contribution is 5.93. The second-order valence-corrected chi connectivity index (χ2v) is 10.9. The van der Waals surface area contributed by atoms with Crippen LogP contribution < -0.4 is 16.4 Å². The van der Waals surface area contributed by atoms with Crippen LogP contribution in [0.3, 0.4) is 0 Å². The van der Waals surface area contributed by atoms with Crippen LogP contribution in [0.25, 0.3) is 0 Å². The van der Waals surface area contributed by atoms with Crippen molar-refractivity contribution in [1.29, 1.82) is 0 Å². The molecule has 0 saturated heterocycles. The first-order chi connectivity index (χ1) is 16.5. The predicted molar refractivity (Wildman–Crippen MR) is 137 cm³/mol. The standard InChI is InChI=1S/C26H42N4O6/c1-16-10-9-11-18(17(16)2)21(22(33)29-25(3,4)5)30(14-15-31)23(34)19(12-13-20(27)32)28-24(35)36-26(6,7)8/h9-11,19,21,31H,12-15H2,1-8H3,(H2,27,32)(H,28,35)(H,29,33). The molecule has 0 spiro atoms. The van der Waals surface area contributed by atoms with Gasteiger partial charge >= 0.3 is 6.09 Å². The summed E-state index contributed by atoms with van der Waals surface area (Å²) in [5, 5.41) is 15.3. The summed E-state index contributed by atoms with van der Waals surface area (Å²) >= 11 is 0. The van der Waals surface area contributed by atoms with Crippen molar-refractivity contribution in [1.82, 2.24) is 15.5 Å². The Bertz CT molecular complexity index is 949. The monoisotopic (exact) mass is 506 g/mol. The summed E-state index contributed by atoms with van der Waals surface area (Å²) < 4.78 is 5.29. The van der Waals surface area contributed by atoms with E-state index in [4.69, 9.17) is 10.5 Å². The Morgan fingerprint density at radius 2 is 1.69 bits per heavy atom. The summed E-state index contributed by atoms with van der Waals surface area (Å²) in [6, 6.07) is 3.14. The summed E-state index contributed by atoms with van der Waals surface area (Å²) in [6.07, 6.45) is -1.13. The molecule has 1 aromatic carbocycles. The molecule has 0 aromatic heterocycles. The van der Waals surface area contributed by atoms with E-state index in [0.717, 1.165) is 11.1 Å². The molecule has 0 saturated carbocycles. The summed E-state index contributed by atoms with van der Waals surface area (Å²) in [6.45, 7) is 13.6. The molecule has 1 rings (SSSR count). The number of benzene rings is 1.